The van der Waals surface area contributed by atoms with Crippen LogP contribution in [-0.4, -0.2) is 11.1 Å². The molecular formula is C11H14FNO2. The predicted molar refractivity (Wildman–Crippen MR) is 55.1 cm³/mol. The van der Waals surface area contributed by atoms with Crippen molar-refractivity contribution in [1.29, 1.82) is 0 Å². The number of alkyl halides is 1. The molecule has 1 unspecified atom stereocenters. The molecule has 0 fully saturated rings. The van der Waals surface area contributed by atoms with E-state index in [4.69, 9.17) is 10.8 Å². The summed E-state index contributed by atoms with van der Waals surface area (Å²) < 4.78 is 13.5. The van der Waals surface area contributed by atoms with E-state index in [1.165, 1.54) is 26.0 Å². The van der Waals surface area contributed by atoms with Gasteiger partial charge in [-0.15, -0.1) is 0 Å². The molecule has 0 aliphatic rings. The van der Waals surface area contributed by atoms with Gasteiger partial charge in [0.15, 0.2) is 0 Å². The second-order valence-corrected chi connectivity index (χ2v) is 3.91. The number of carboxylic acids is 1. The second kappa shape index (κ2) is 3.98. The zero-order valence-corrected chi connectivity index (χ0v) is 8.70. The van der Waals surface area contributed by atoms with Gasteiger partial charge in [0.25, 0.3) is 0 Å². The Bertz CT molecular complexity index is 354. The molecule has 15 heavy (non-hydrogen) atoms. The van der Waals surface area contributed by atoms with Crippen molar-refractivity contribution in [3.8, 4) is 0 Å². The van der Waals surface area contributed by atoms with Gasteiger partial charge in [-0.1, -0.05) is 24.3 Å². The number of carbonyl (C=O) groups is 1. The minimum absolute atomic E-state index is 0.468. The highest BCUT2D eigenvalue weighted by molar-refractivity contribution is 5.75. The summed E-state index contributed by atoms with van der Waals surface area (Å²) >= 11 is 0. The lowest BCUT2D eigenvalue weighted by atomic mass is 9.97. The van der Waals surface area contributed by atoms with E-state index in [9.17, 15) is 9.18 Å². The average Bonchev–Trinajstić information content (AvgIpc) is 2.15. The molecule has 0 saturated heterocycles. The van der Waals surface area contributed by atoms with Gasteiger partial charge in [0.1, 0.15) is 11.7 Å². The molecule has 4 heteroatoms. The molecule has 0 spiro atoms. The fourth-order valence-corrected chi connectivity index (χ4v) is 1.23. The van der Waals surface area contributed by atoms with E-state index in [-0.39, 0.29) is 0 Å². The number of hydrogen-bond acceptors (Lipinski definition) is 2. The molecule has 0 aromatic heterocycles. The Labute approximate surface area is 87.7 Å². The number of carboxylic acid groups (broad SMARTS) is 1. The quantitative estimate of drug-likeness (QED) is 0.803. The van der Waals surface area contributed by atoms with Crippen LogP contribution in [0.3, 0.4) is 0 Å². The van der Waals surface area contributed by atoms with E-state index in [0.29, 0.717) is 11.1 Å². The van der Waals surface area contributed by atoms with Crippen LogP contribution < -0.4 is 5.73 Å². The fourth-order valence-electron chi connectivity index (χ4n) is 1.23. The van der Waals surface area contributed by atoms with Crippen molar-refractivity contribution in [1.82, 2.24) is 0 Å². The Morgan fingerprint density at radius 3 is 2.20 bits per heavy atom. The highest BCUT2D eigenvalue weighted by atomic mass is 19.1. The van der Waals surface area contributed by atoms with Gasteiger partial charge in [0, 0.05) is 0 Å². The third kappa shape index (κ3) is 2.76. The zero-order valence-electron chi connectivity index (χ0n) is 8.70. The summed E-state index contributed by atoms with van der Waals surface area (Å²) in [6.07, 6.45) is 0. The van der Waals surface area contributed by atoms with Crippen LogP contribution in [-0.2, 0) is 10.5 Å². The van der Waals surface area contributed by atoms with Gasteiger partial charge in [-0.25, -0.2) is 4.39 Å². The van der Waals surface area contributed by atoms with Crippen molar-refractivity contribution in [3.05, 3.63) is 35.4 Å². The van der Waals surface area contributed by atoms with E-state index < -0.39 is 17.7 Å². The monoisotopic (exact) mass is 211 g/mol. The molecule has 3 nitrogen and oxygen atoms in total. The molecule has 0 radical (unpaired) electrons. The fraction of sp³-hybridized carbons (Fsp3) is 0.364. The summed E-state index contributed by atoms with van der Waals surface area (Å²) in [6.45, 7) is 2.89. The average molecular weight is 211 g/mol. The van der Waals surface area contributed by atoms with Gasteiger partial charge < -0.3 is 10.8 Å². The Balaban J connectivity index is 2.95. The third-order valence-electron chi connectivity index (χ3n) is 2.22. The SMILES string of the molecule is CC(C)(F)c1ccc(C(N)C(=O)O)cc1. The lowest BCUT2D eigenvalue weighted by Crippen LogP contribution is -2.20. The molecule has 1 rings (SSSR count). The molecule has 0 saturated carbocycles. The van der Waals surface area contributed by atoms with E-state index in [1.807, 2.05) is 0 Å². The number of halogens is 1. The molecule has 3 N–H and O–H groups in total. The molecule has 1 aromatic carbocycles. The standard InChI is InChI=1S/C11H14FNO2/c1-11(2,12)8-5-3-7(4-6-8)9(13)10(14)15/h3-6,9H,13H2,1-2H3,(H,14,15). The maximum atomic E-state index is 13.5. The number of aliphatic carboxylic acids is 1. The van der Waals surface area contributed by atoms with Crippen molar-refractivity contribution in [2.24, 2.45) is 5.73 Å². The van der Waals surface area contributed by atoms with Crippen molar-refractivity contribution in [2.45, 2.75) is 25.6 Å². The molecule has 0 amide bonds. The van der Waals surface area contributed by atoms with Crippen LogP contribution in [0.5, 0.6) is 0 Å². The highest BCUT2D eigenvalue weighted by Crippen LogP contribution is 2.25. The van der Waals surface area contributed by atoms with Gasteiger partial charge in [-0.05, 0) is 25.0 Å². The highest BCUT2D eigenvalue weighted by Gasteiger charge is 2.20. The number of rotatable bonds is 3. The number of hydrogen-bond donors (Lipinski definition) is 2. The smallest absolute Gasteiger partial charge is 0.325 e. The second-order valence-electron chi connectivity index (χ2n) is 3.91. The largest absolute Gasteiger partial charge is 0.480 e. The van der Waals surface area contributed by atoms with Crippen LogP contribution in [0.25, 0.3) is 0 Å². The van der Waals surface area contributed by atoms with E-state index in [2.05, 4.69) is 0 Å². The van der Waals surface area contributed by atoms with Crippen LogP contribution in [0.4, 0.5) is 4.39 Å². The van der Waals surface area contributed by atoms with Crippen LogP contribution in [0.1, 0.15) is 31.0 Å². The van der Waals surface area contributed by atoms with E-state index >= 15 is 0 Å². The first-order valence-corrected chi connectivity index (χ1v) is 4.60. The molecule has 0 aliphatic heterocycles. The van der Waals surface area contributed by atoms with Crippen LogP contribution >= 0.6 is 0 Å². The van der Waals surface area contributed by atoms with Gasteiger partial charge in [-0.3, -0.25) is 4.79 Å². The molecule has 82 valence electrons. The Kier molecular flexibility index (Phi) is 3.09. The summed E-state index contributed by atoms with van der Waals surface area (Å²) in [4.78, 5) is 10.6. The minimum atomic E-state index is -1.42. The van der Waals surface area contributed by atoms with Crippen molar-refractivity contribution in [3.63, 3.8) is 0 Å². The zero-order chi connectivity index (χ0) is 11.6. The minimum Gasteiger partial charge on any atom is -0.480 e. The first kappa shape index (κ1) is 11.7. The first-order chi connectivity index (χ1) is 6.82. The van der Waals surface area contributed by atoms with Crippen molar-refractivity contribution >= 4 is 5.97 Å². The summed E-state index contributed by atoms with van der Waals surface area (Å²) in [7, 11) is 0. The van der Waals surface area contributed by atoms with Gasteiger partial charge >= 0.3 is 5.97 Å². The summed E-state index contributed by atoms with van der Waals surface area (Å²) in [5, 5.41) is 8.67. The van der Waals surface area contributed by atoms with Gasteiger partial charge in [0.2, 0.25) is 0 Å². The molecule has 1 aromatic rings. The summed E-state index contributed by atoms with van der Waals surface area (Å²) in [6, 6.07) is 5.13. The third-order valence-corrected chi connectivity index (χ3v) is 2.22. The topological polar surface area (TPSA) is 63.3 Å². The van der Waals surface area contributed by atoms with Crippen LogP contribution in [0, 0.1) is 0 Å². The number of benzene rings is 1. The Morgan fingerprint density at radius 1 is 1.40 bits per heavy atom. The molecule has 0 heterocycles. The van der Waals surface area contributed by atoms with Crippen LogP contribution in [0.2, 0.25) is 0 Å². The molecule has 1 atom stereocenters. The van der Waals surface area contributed by atoms with Crippen LogP contribution in [0.15, 0.2) is 24.3 Å². The maximum absolute atomic E-state index is 13.5. The first-order valence-electron chi connectivity index (χ1n) is 4.60. The summed E-state index contributed by atoms with van der Waals surface area (Å²) in [5.74, 6) is -1.10. The van der Waals surface area contributed by atoms with E-state index in [1.54, 1.807) is 12.1 Å². The van der Waals surface area contributed by atoms with E-state index in [0.717, 1.165) is 0 Å². The van der Waals surface area contributed by atoms with Gasteiger partial charge in [-0.2, -0.15) is 0 Å². The summed E-state index contributed by atoms with van der Waals surface area (Å²) in [5.41, 5.74) is 4.95. The maximum Gasteiger partial charge on any atom is 0.325 e. The number of nitrogens with two attached hydrogens (primary N) is 1. The predicted octanol–water partition coefficient (Wildman–Crippen LogP) is 1.98. The Hall–Kier alpha value is -1.42. The molecule has 0 aliphatic carbocycles. The van der Waals surface area contributed by atoms with Crippen molar-refractivity contribution < 1.29 is 14.3 Å². The Morgan fingerprint density at radius 2 is 1.87 bits per heavy atom. The van der Waals surface area contributed by atoms with Crippen molar-refractivity contribution in [2.75, 3.05) is 0 Å². The molecular weight excluding hydrogens is 197 g/mol. The normalized spacial score (nSPS) is 13.6. The lowest BCUT2D eigenvalue weighted by Gasteiger charge is -2.15. The van der Waals surface area contributed by atoms with Gasteiger partial charge in [0.05, 0.1) is 0 Å². The molecule has 0 bridgehead atoms. The lowest BCUT2D eigenvalue weighted by molar-refractivity contribution is -0.138.